The van der Waals surface area contributed by atoms with Gasteiger partial charge in [-0.15, -0.1) is 0 Å². The topological polar surface area (TPSA) is 55.0 Å². The summed E-state index contributed by atoms with van der Waals surface area (Å²) in [6.07, 6.45) is 0. The van der Waals surface area contributed by atoms with Crippen molar-refractivity contribution in [3.05, 3.63) is 157 Å². The Balaban J connectivity index is 0.00000336. The molecule has 9 aromatic rings. The molecule has 0 saturated heterocycles. The van der Waals surface area contributed by atoms with E-state index >= 15 is 0 Å². The molecule has 1 N–H and O–H groups in total. The number of H-pyrrole nitrogens is 1. The Morgan fingerprint density at radius 3 is 2.26 bits per heavy atom. The van der Waals surface area contributed by atoms with Crippen LogP contribution in [0.5, 0.6) is 5.75 Å². The Morgan fingerprint density at radius 1 is 0.640 bits per heavy atom. The molecule has 5 heteroatoms. The summed E-state index contributed by atoms with van der Waals surface area (Å²) in [5, 5.41) is 17.3. The van der Waals surface area contributed by atoms with Crippen LogP contribution < -0.4 is 29.0 Å². The van der Waals surface area contributed by atoms with Gasteiger partial charge in [-0.05, 0) is 64.7 Å². The number of benzene rings is 6. The monoisotopic (exact) mass is 636 g/mol. The van der Waals surface area contributed by atoms with Crippen LogP contribution in [-0.4, -0.2) is 9.55 Å². The maximum atomic E-state index is 12.7. The van der Waals surface area contributed by atoms with Crippen molar-refractivity contribution >= 4 is 43.6 Å². The number of aromatic nitrogens is 3. The second-order valence-corrected chi connectivity index (χ2v) is 13.6. The molecule has 4 nitrogen and oxygen atoms in total. The van der Waals surface area contributed by atoms with Crippen LogP contribution in [0.25, 0.3) is 82.9 Å². The number of pyridine rings is 2. The molecule has 0 amide bonds. The predicted octanol–water partition coefficient (Wildman–Crippen LogP) is 7.02. The predicted molar refractivity (Wildman–Crippen MR) is 198 cm³/mol. The summed E-state index contributed by atoms with van der Waals surface area (Å²) >= 11 is 0. The number of fused-ring (bicyclic) bond motifs is 10. The van der Waals surface area contributed by atoms with E-state index < -0.39 is 0 Å². The van der Waals surface area contributed by atoms with Crippen molar-refractivity contribution in [2.45, 2.75) is 19.3 Å². The summed E-state index contributed by atoms with van der Waals surface area (Å²) in [5.74, 6) is -0.00762. The van der Waals surface area contributed by atoms with Crippen LogP contribution in [0.2, 0.25) is 0 Å². The molecule has 0 spiro atoms. The maximum Gasteiger partial charge on any atom is 1.00 e. The summed E-state index contributed by atoms with van der Waals surface area (Å²) in [7, 11) is 0. The summed E-state index contributed by atoms with van der Waals surface area (Å²) in [6.45, 7) is 4.72. The van der Waals surface area contributed by atoms with Crippen LogP contribution in [0.1, 0.15) is 25.0 Å². The van der Waals surface area contributed by atoms with E-state index in [0.717, 1.165) is 44.4 Å². The van der Waals surface area contributed by atoms with Gasteiger partial charge >= 0.3 is 18.9 Å². The molecule has 1 aliphatic carbocycles. The normalized spacial score (nSPS) is 13.1. The molecule has 0 aliphatic heterocycles. The Kier molecular flexibility index (Phi) is 6.80. The van der Waals surface area contributed by atoms with Gasteiger partial charge in [-0.3, -0.25) is 0 Å². The molecule has 1 aliphatic rings. The second kappa shape index (κ2) is 11.2. The summed E-state index contributed by atoms with van der Waals surface area (Å²) in [6, 6.07) is 50.6. The molecular weight excluding hydrogens is 605 g/mol. The van der Waals surface area contributed by atoms with Gasteiger partial charge < -0.3 is 9.67 Å². The van der Waals surface area contributed by atoms with Crippen molar-refractivity contribution in [3.63, 3.8) is 0 Å². The van der Waals surface area contributed by atoms with Crippen molar-refractivity contribution < 1.29 is 29.0 Å². The Bertz CT molecular complexity index is 2830. The number of nitrogens with zero attached hydrogens (tertiary/aromatic N) is 2. The fraction of sp³-hybridized carbons (Fsp3) is 0.0667. The van der Waals surface area contributed by atoms with E-state index in [9.17, 15) is 5.11 Å². The Labute approximate surface area is 301 Å². The smallest absolute Gasteiger partial charge is 0.872 e. The van der Waals surface area contributed by atoms with Crippen molar-refractivity contribution in [2.75, 3.05) is 0 Å². The van der Waals surface area contributed by atoms with Crippen molar-refractivity contribution in [3.8, 4) is 45.1 Å². The zero-order valence-corrected chi connectivity index (χ0v) is 28.2. The van der Waals surface area contributed by atoms with E-state index in [1.807, 2.05) is 18.2 Å². The number of rotatable bonds is 3. The number of aromatic amines is 1. The zero-order chi connectivity index (χ0) is 32.9. The van der Waals surface area contributed by atoms with Gasteiger partial charge in [0, 0.05) is 49.8 Å². The molecule has 3 heterocycles. The minimum atomic E-state index is -0.155. The first-order valence-corrected chi connectivity index (χ1v) is 16.8. The van der Waals surface area contributed by atoms with Crippen LogP contribution in [0, 0.1) is 0 Å². The fourth-order valence-corrected chi connectivity index (χ4v) is 8.22. The van der Waals surface area contributed by atoms with Crippen LogP contribution >= 0.6 is 0 Å². The average Bonchev–Trinajstić information content (AvgIpc) is 3.60. The van der Waals surface area contributed by atoms with Gasteiger partial charge in [0.1, 0.15) is 5.52 Å². The molecule has 232 valence electrons. The number of para-hydroxylation sites is 2. The maximum absolute atomic E-state index is 12.7. The molecule has 0 atom stereocenters. The van der Waals surface area contributed by atoms with Gasteiger partial charge in [0.15, 0.2) is 0 Å². The molecule has 0 radical (unpaired) electrons. The molecule has 10 rings (SSSR count). The molecule has 0 fully saturated rings. The third-order valence-electron chi connectivity index (χ3n) is 10.5. The number of hydrogen-bond acceptors (Lipinski definition) is 2. The fourth-order valence-electron chi connectivity index (χ4n) is 8.22. The van der Waals surface area contributed by atoms with E-state index in [0.29, 0.717) is 5.56 Å². The van der Waals surface area contributed by atoms with Crippen LogP contribution in [0.4, 0.5) is 0 Å². The summed E-state index contributed by atoms with van der Waals surface area (Å²) < 4.78 is 2.46. The third kappa shape index (κ3) is 4.32. The van der Waals surface area contributed by atoms with Crippen LogP contribution in [0.15, 0.2) is 146 Å². The second-order valence-electron chi connectivity index (χ2n) is 13.6. The molecule has 6 aromatic carbocycles. The van der Waals surface area contributed by atoms with E-state index in [1.54, 1.807) is 12.1 Å². The Morgan fingerprint density at radius 2 is 1.38 bits per heavy atom. The van der Waals surface area contributed by atoms with E-state index in [2.05, 4.69) is 139 Å². The van der Waals surface area contributed by atoms with E-state index in [4.69, 9.17) is 4.98 Å². The van der Waals surface area contributed by atoms with Gasteiger partial charge in [-0.25, -0.2) is 9.97 Å². The molecule has 50 heavy (non-hydrogen) atoms. The SMILES string of the molecule is CC1(C)c2ccccc2-c2ccc3c4ccccc4n(-c4cccc(-c5ccc6ccc7ccc(-c8ccccc8[O-])[nH+]c7c6n5)c4)c3c21.[Li+]. The molecule has 3 aromatic heterocycles. The van der Waals surface area contributed by atoms with Gasteiger partial charge in [-0.1, -0.05) is 117 Å². The van der Waals surface area contributed by atoms with Gasteiger partial charge in [0.25, 0.3) is 0 Å². The van der Waals surface area contributed by atoms with Crippen molar-refractivity contribution in [1.82, 2.24) is 9.55 Å². The average molecular weight is 637 g/mol. The largest absolute Gasteiger partial charge is 1.00 e. The first-order chi connectivity index (χ1) is 24.0. The van der Waals surface area contributed by atoms with Crippen molar-refractivity contribution in [2.24, 2.45) is 0 Å². The minimum Gasteiger partial charge on any atom is -0.872 e. The third-order valence-corrected chi connectivity index (χ3v) is 10.5. The standard InChI is InChI=1S/C45H31N3O.Li/c1-45(2)36-15-6-3-12-31(36)33-22-23-34-32-13-4-7-16-39(32)48(44(34)41(33)45)30-11-9-10-29(26-30)37-24-20-27-18-19-28-21-25-38(47-43(28)42(27)46-37)35-14-5-8-17-40(35)49;/h3-26,49H,1-2H3;/q;+1. The summed E-state index contributed by atoms with van der Waals surface area (Å²) in [5.41, 5.74) is 13.9. The number of nitrogens with one attached hydrogen (secondary N) is 1. The van der Waals surface area contributed by atoms with Crippen molar-refractivity contribution in [1.29, 1.82) is 0 Å². The van der Waals surface area contributed by atoms with Gasteiger partial charge in [-0.2, -0.15) is 0 Å². The van der Waals surface area contributed by atoms with Crippen LogP contribution in [0.3, 0.4) is 0 Å². The molecule has 0 saturated carbocycles. The molecule has 0 unspecified atom stereocenters. The quantitative estimate of drug-likeness (QED) is 0.155. The van der Waals surface area contributed by atoms with E-state index in [1.165, 1.54) is 44.1 Å². The van der Waals surface area contributed by atoms with Gasteiger partial charge in [0.05, 0.1) is 16.7 Å². The minimum absolute atomic E-state index is 0. The first kappa shape index (κ1) is 30.4. The first-order valence-electron chi connectivity index (χ1n) is 16.8. The molecular formula is C45H31LiN3O+. The van der Waals surface area contributed by atoms with E-state index in [-0.39, 0.29) is 30.0 Å². The number of hydrogen-bond donors (Lipinski definition) is 0. The molecule has 0 bridgehead atoms. The summed E-state index contributed by atoms with van der Waals surface area (Å²) in [4.78, 5) is 8.82. The Hall–Kier alpha value is -5.66. The van der Waals surface area contributed by atoms with Gasteiger partial charge in [0.2, 0.25) is 11.2 Å². The zero-order valence-electron chi connectivity index (χ0n) is 28.2. The van der Waals surface area contributed by atoms with Crippen LogP contribution in [-0.2, 0) is 5.41 Å².